The molecule has 5 aromatic rings. The number of ether oxygens (including phenoxy) is 1. The van der Waals surface area contributed by atoms with Gasteiger partial charge >= 0.3 is 12.1 Å². The number of aliphatic carboxylic acids is 1. The first kappa shape index (κ1) is 23.4. The number of carboxylic acid groups (broad SMARTS) is 1. The van der Waals surface area contributed by atoms with Gasteiger partial charge in [0.05, 0.1) is 10.8 Å². The number of pyridine rings is 1. The maximum absolute atomic E-state index is 12.8. The average Bonchev–Trinajstić information content (AvgIpc) is 3.32. The molecule has 4 heterocycles. The van der Waals surface area contributed by atoms with Crippen LogP contribution in [0.4, 0.5) is 10.5 Å². The molecule has 1 amide bonds. The lowest BCUT2D eigenvalue weighted by atomic mass is 10.0. The first-order chi connectivity index (χ1) is 18.3. The molecule has 190 valence electrons. The molecule has 1 aromatic carbocycles. The lowest BCUT2D eigenvalue weighted by Crippen LogP contribution is -2.18. The molecule has 0 aliphatic heterocycles. The largest absolute Gasteiger partial charge is 0.480 e. The highest BCUT2D eigenvalue weighted by molar-refractivity contribution is 5.99. The lowest BCUT2D eigenvalue weighted by molar-refractivity contribution is -0.140. The van der Waals surface area contributed by atoms with E-state index in [0.29, 0.717) is 46.5 Å². The molecule has 0 radical (unpaired) electrons. The molecule has 1 unspecified atom stereocenters. The number of hydrogen-bond acceptors (Lipinski definition) is 7. The van der Waals surface area contributed by atoms with E-state index in [1.54, 1.807) is 37.4 Å². The first-order valence-corrected chi connectivity index (χ1v) is 12.0. The van der Waals surface area contributed by atoms with E-state index in [1.807, 2.05) is 31.2 Å². The summed E-state index contributed by atoms with van der Waals surface area (Å²) in [6.07, 6.45) is 1.51. The predicted octanol–water partition coefficient (Wildman–Crippen LogP) is 6.30. The van der Waals surface area contributed by atoms with Crippen molar-refractivity contribution in [2.45, 2.75) is 38.2 Å². The van der Waals surface area contributed by atoms with E-state index >= 15 is 0 Å². The molecule has 1 fully saturated rings. The Labute approximate surface area is 216 Å². The Hall–Kier alpha value is -4.97. The highest BCUT2D eigenvalue weighted by Gasteiger charge is 2.54. The lowest BCUT2D eigenvalue weighted by Gasteiger charge is -2.16. The number of nitrogens with one attached hydrogen (secondary N) is 1. The molecular weight excluding hydrogens is 488 g/mol. The summed E-state index contributed by atoms with van der Waals surface area (Å²) in [7, 11) is 0. The van der Waals surface area contributed by atoms with Crippen molar-refractivity contribution in [1.29, 1.82) is 0 Å². The molecule has 0 saturated heterocycles. The third-order valence-electron chi connectivity index (χ3n) is 6.75. The van der Waals surface area contributed by atoms with Crippen LogP contribution in [0.1, 0.15) is 54.3 Å². The Bertz CT molecular complexity index is 1740. The van der Waals surface area contributed by atoms with E-state index in [9.17, 15) is 14.7 Å². The summed E-state index contributed by atoms with van der Waals surface area (Å²) in [6, 6.07) is 14.5. The average molecular weight is 511 g/mol. The number of carbonyl (C=O) groups excluding carboxylic acids is 1. The second-order valence-corrected chi connectivity index (χ2v) is 9.29. The van der Waals surface area contributed by atoms with Gasteiger partial charge in [-0.05, 0) is 67.9 Å². The van der Waals surface area contributed by atoms with Crippen LogP contribution in [0.5, 0.6) is 0 Å². The first-order valence-electron chi connectivity index (χ1n) is 12.0. The standard InChI is InChI=1S/C29H22N2O7/c1-16-6-3-4-7-20(16)17(2)35-28(34)31-24-21-8-5-13-30-25(21)37-22(24)10-9-19-14-18-15-23(38-26(18)36-19)29(11-12-29)27(32)33/h3-8,13-15,17H,11-12H2,1-2H3,(H,31,34)(H,32,33). The molecular formula is C29H22N2O7. The fourth-order valence-electron chi connectivity index (χ4n) is 4.49. The summed E-state index contributed by atoms with van der Waals surface area (Å²) in [5, 5.41) is 13.4. The number of hydrogen-bond donors (Lipinski definition) is 2. The van der Waals surface area contributed by atoms with Gasteiger partial charge in [-0.3, -0.25) is 10.1 Å². The Morgan fingerprint density at radius 1 is 1.11 bits per heavy atom. The minimum absolute atomic E-state index is 0.177. The van der Waals surface area contributed by atoms with Gasteiger partial charge in [-0.1, -0.05) is 24.3 Å². The van der Waals surface area contributed by atoms with Crippen LogP contribution >= 0.6 is 0 Å². The smallest absolute Gasteiger partial charge is 0.412 e. The Kier molecular flexibility index (Phi) is 5.46. The van der Waals surface area contributed by atoms with Gasteiger partial charge in [0.2, 0.25) is 11.5 Å². The maximum atomic E-state index is 12.8. The summed E-state index contributed by atoms with van der Waals surface area (Å²) in [4.78, 5) is 28.6. The molecule has 0 bridgehead atoms. The molecule has 4 aromatic heterocycles. The summed E-state index contributed by atoms with van der Waals surface area (Å²) >= 11 is 0. The fourth-order valence-corrected chi connectivity index (χ4v) is 4.49. The maximum Gasteiger partial charge on any atom is 0.412 e. The van der Waals surface area contributed by atoms with Crippen molar-refractivity contribution in [3.8, 4) is 11.8 Å². The summed E-state index contributed by atoms with van der Waals surface area (Å²) in [5.74, 6) is 5.91. The van der Waals surface area contributed by atoms with Crippen LogP contribution in [0, 0.1) is 18.8 Å². The molecule has 1 aliphatic rings. The second-order valence-electron chi connectivity index (χ2n) is 9.29. The Morgan fingerprint density at radius 3 is 2.66 bits per heavy atom. The number of aryl methyl sites for hydroxylation is 1. The predicted molar refractivity (Wildman–Crippen MR) is 137 cm³/mol. The van der Waals surface area contributed by atoms with E-state index in [0.717, 1.165) is 11.1 Å². The highest BCUT2D eigenvalue weighted by atomic mass is 16.6. The van der Waals surface area contributed by atoms with Gasteiger partial charge in [0.15, 0.2) is 5.76 Å². The Balaban J connectivity index is 1.26. The molecule has 38 heavy (non-hydrogen) atoms. The van der Waals surface area contributed by atoms with Crippen molar-refractivity contribution in [2.75, 3.05) is 5.32 Å². The van der Waals surface area contributed by atoms with Gasteiger partial charge in [-0.15, -0.1) is 0 Å². The van der Waals surface area contributed by atoms with E-state index in [4.69, 9.17) is 18.0 Å². The molecule has 0 spiro atoms. The number of aromatic nitrogens is 1. The number of furan rings is 3. The van der Waals surface area contributed by atoms with Gasteiger partial charge in [0.25, 0.3) is 5.78 Å². The number of fused-ring (bicyclic) bond motifs is 2. The van der Waals surface area contributed by atoms with E-state index in [-0.39, 0.29) is 11.5 Å². The van der Waals surface area contributed by atoms with Gasteiger partial charge in [-0.25, -0.2) is 9.78 Å². The molecule has 1 aliphatic carbocycles. The zero-order valence-electron chi connectivity index (χ0n) is 20.5. The van der Waals surface area contributed by atoms with Crippen molar-refractivity contribution in [3.63, 3.8) is 0 Å². The topological polar surface area (TPSA) is 128 Å². The van der Waals surface area contributed by atoms with Crippen molar-refractivity contribution in [1.82, 2.24) is 4.98 Å². The van der Waals surface area contributed by atoms with Crippen LogP contribution in [0.25, 0.3) is 22.3 Å². The number of amides is 1. The molecule has 1 saturated carbocycles. The van der Waals surface area contributed by atoms with Crippen molar-refractivity contribution < 1.29 is 32.7 Å². The monoisotopic (exact) mass is 510 g/mol. The van der Waals surface area contributed by atoms with E-state index in [2.05, 4.69) is 22.1 Å². The number of carbonyl (C=O) groups is 2. The van der Waals surface area contributed by atoms with Crippen LogP contribution in [0.3, 0.4) is 0 Å². The second kappa shape index (κ2) is 8.85. The molecule has 9 nitrogen and oxygen atoms in total. The quantitative estimate of drug-likeness (QED) is 0.264. The van der Waals surface area contributed by atoms with Gasteiger partial charge in [0, 0.05) is 12.3 Å². The van der Waals surface area contributed by atoms with Crippen molar-refractivity contribution >= 4 is 40.0 Å². The molecule has 2 N–H and O–H groups in total. The van der Waals surface area contributed by atoms with Gasteiger partial charge in [-0.2, -0.15) is 0 Å². The minimum atomic E-state index is -0.958. The summed E-state index contributed by atoms with van der Waals surface area (Å²) in [5.41, 5.74) is 1.60. The third kappa shape index (κ3) is 4.06. The summed E-state index contributed by atoms with van der Waals surface area (Å²) in [6.45, 7) is 3.76. The zero-order valence-corrected chi connectivity index (χ0v) is 20.5. The fraction of sp³-hybridized carbons (Fsp3) is 0.207. The zero-order chi connectivity index (χ0) is 26.4. The van der Waals surface area contributed by atoms with Crippen LogP contribution < -0.4 is 5.32 Å². The summed E-state index contributed by atoms with van der Waals surface area (Å²) < 4.78 is 22.8. The highest BCUT2D eigenvalue weighted by Crippen LogP contribution is 2.50. The number of carboxylic acids is 1. The number of anilines is 1. The number of nitrogens with zero attached hydrogens (tertiary/aromatic N) is 1. The van der Waals surface area contributed by atoms with Crippen molar-refractivity contribution in [3.05, 3.63) is 83.1 Å². The third-order valence-corrected chi connectivity index (χ3v) is 6.75. The van der Waals surface area contributed by atoms with Crippen LogP contribution in [-0.2, 0) is 14.9 Å². The van der Waals surface area contributed by atoms with Gasteiger partial charge < -0.3 is 23.1 Å². The number of rotatable bonds is 5. The minimum Gasteiger partial charge on any atom is -0.480 e. The normalized spacial score (nSPS) is 14.6. The van der Waals surface area contributed by atoms with Crippen molar-refractivity contribution in [2.24, 2.45) is 0 Å². The van der Waals surface area contributed by atoms with Crippen LogP contribution in [0.2, 0.25) is 0 Å². The number of benzene rings is 1. The molecule has 9 heteroatoms. The van der Waals surface area contributed by atoms with E-state index in [1.165, 1.54) is 0 Å². The van der Waals surface area contributed by atoms with Gasteiger partial charge in [0.1, 0.15) is 23.0 Å². The van der Waals surface area contributed by atoms with E-state index < -0.39 is 23.6 Å². The van der Waals surface area contributed by atoms with Crippen LogP contribution in [-0.4, -0.2) is 22.2 Å². The van der Waals surface area contributed by atoms with Crippen LogP contribution in [0.15, 0.2) is 68.0 Å². The molecule has 1 atom stereocenters. The Morgan fingerprint density at radius 2 is 1.92 bits per heavy atom. The molecule has 6 rings (SSSR count). The SMILES string of the molecule is Cc1ccccc1C(C)OC(=O)Nc1c(C#Cc2cc3cc(C4(C(=O)O)CC4)oc3o2)oc2ncccc12.